The molecule has 0 amide bonds. The number of nitrogens with one attached hydrogen (secondary N) is 1. The molecule has 12 heteroatoms. The van der Waals surface area contributed by atoms with Gasteiger partial charge >= 0.3 is 11.7 Å². The van der Waals surface area contributed by atoms with Gasteiger partial charge in [-0.3, -0.25) is 18.5 Å². The normalized spacial score (nSPS) is 20.8. The summed E-state index contributed by atoms with van der Waals surface area (Å²) in [5.74, 6) is -0.616. The van der Waals surface area contributed by atoms with Gasteiger partial charge in [0.1, 0.15) is 25.0 Å². The number of hydrogen-bond donors (Lipinski definition) is 1. The Morgan fingerprint density at radius 3 is 2.58 bits per heavy atom. The highest BCUT2D eigenvalue weighted by Gasteiger charge is 2.40. The molecule has 1 aliphatic rings. The van der Waals surface area contributed by atoms with Crippen molar-refractivity contribution >= 4 is 16.1 Å². The number of ether oxygens (including phenoxy) is 3. The van der Waals surface area contributed by atoms with Crippen molar-refractivity contribution < 1.29 is 31.6 Å². The van der Waals surface area contributed by atoms with E-state index >= 15 is 0 Å². The highest BCUT2D eigenvalue weighted by Crippen LogP contribution is 2.31. The first-order valence-electron chi connectivity index (χ1n) is 10.3. The molecular formula is C21H26N2O9S. The Morgan fingerprint density at radius 2 is 1.94 bits per heavy atom. The Bertz CT molecular complexity index is 1190. The maximum absolute atomic E-state index is 12.4. The first-order valence-corrected chi connectivity index (χ1v) is 12.1. The molecule has 0 unspecified atom stereocenters. The van der Waals surface area contributed by atoms with Crippen molar-refractivity contribution in [2.45, 2.75) is 51.4 Å². The van der Waals surface area contributed by atoms with Crippen LogP contribution in [-0.2, 0) is 35.1 Å². The van der Waals surface area contributed by atoms with E-state index in [0.29, 0.717) is 5.56 Å². The third kappa shape index (κ3) is 6.84. The van der Waals surface area contributed by atoms with Crippen molar-refractivity contribution in [1.82, 2.24) is 9.55 Å². The number of H-pyrrole nitrogens is 1. The number of carbonyl (C=O) groups excluding carboxylic acids is 1. The van der Waals surface area contributed by atoms with Crippen LogP contribution in [-0.4, -0.2) is 55.1 Å². The zero-order chi connectivity index (χ0) is 24.2. The summed E-state index contributed by atoms with van der Waals surface area (Å²) in [7, 11) is -3.87. The first kappa shape index (κ1) is 24.8. The lowest BCUT2D eigenvalue weighted by Crippen LogP contribution is -2.34. The summed E-state index contributed by atoms with van der Waals surface area (Å²) >= 11 is 0. The predicted molar refractivity (Wildman–Crippen MR) is 116 cm³/mol. The number of rotatable bonds is 9. The van der Waals surface area contributed by atoms with Gasteiger partial charge in [-0.2, -0.15) is 8.42 Å². The zero-order valence-corrected chi connectivity index (χ0v) is 19.2. The van der Waals surface area contributed by atoms with E-state index in [-0.39, 0.29) is 31.3 Å². The molecule has 0 radical (unpaired) electrons. The van der Waals surface area contributed by atoms with E-state index in [0.717, 1.165) is 10.8 Å². The van der Waals surface area contributed by atoms with Gasteiger partial charge in [0.05, 0.1) is 30.1 Å². The van der Waals surface area contributed by atoms with E-state index in [9.17, 15) is 22.8 Å². The number of nitrogens with zero attached hydrogens (tertiary/aromatic N) is 1. The Kier molecular flexibility index (Phi) is 7.84. The van der Waals surface area contributed by atoms with Gasteiger partial charge in [0.25, 0.3) is 15.7 Å². The molecule has 1 saturated heterocycles. The van der Waals surface area contributed by atoms with E-state index in [4.69, 9.17) is 18.4 Å². The van der Waals surface area contributed by atoms with Crippen LogP contribution in [0.3, 0.4) is 0 Å². The van der Waals surface area contributed by atoms with E-state index in [1.807, 2.05) is 0 Å². The summed E-state index contributed by atoms with van der Waals surface area (Å²) in [5, 5.41) is 0. The van der Waals surface area contributed by atoms with Crippen LogP contribution in [0.5, 0.6) is 0 Å². The number of hydrogen-bond acceptors (Lipinski definition) is 9. The summed E-state index contributed by atoms with van der Waals surface area (Å²) in [4.78, 5) is 39.0. The monoisotopic (exact) mass is 482 g/mol. The van der Waals surface area contributed by atoms with Crippen LogP contribution in [0, 0.1) is 0 Å². The van der Waals surface area contributed by atoms with Crippen molar-refractivity contribution in [3.8, 4) is 0 Å². The summed E-state index contributed by atoms with van der Waals surface area (Å²) in [6.45, 7) is 3.28. The zero-order valence-electron chi connectivity index (χ0n) is 18.4. The molecule has 2 heterocycles. The van der Waals surface area contributed by atoms with E-state index in [1.165, 1.54) is 6.20 Å². The molecule has 0 spiro atoms. The highest BCUT2D eigenvalue weighted by molar-refractivity contribution is 7.86. The minimum absolute atomic E-state index is 0.0264. The third-order valence-corrected chi connectivity index (χ3v) is 5.39. The fourth-order valence-corrected chi connectivity index (χ4v) is 3.91. The Labute approximate surface area is 190 Å². The topological polar surface area (TPSA) is 143 Å². The fourth-order valence-electron chi connectivity index (χ4n) is 3.26. The summed E-state index contributed by atoms with van der Waals surface area (Å²) in [6, 6.07) is 8.26. The van der Waals surface area contributed by atoms with E-state index < -0.39 is 45.8 Å². The van der Waals surface area contributed by atoms with Crippen LogP contribution in [0.4, 0.5) is 0 Å². The lowest BCUT2D eigenvalue weighted by molar-refractivity contribution is -0.0493. The van der Waals surface area contributed by atoms with Crippen LogP contribution >= 0.6 is 0 Å². The van der Waals surface area contributed by atoms with Gasteiger partial charge in [-0.05, 0) is 26.0 Å². The standard InChI is InChI=1S/C21H26N2O9S/c1-13(2)29-11-15-10-23(21(26)22-19(15)24)18-9-16(32-33(3,27)28)17(31-18)12-30-20(25)14-7-5-4-6-8-14/h4-8,10,13,16-18H,9,11-12H2,1-3H3,(H,22,24,26)/t16-,17+,18+/m0/s1. The van der Waals surface area contributed by atoms with E-state index in [2.05, 4.69) is 4.98 Å². The summed E-state index contributed by atoms with van der Waals surface area (Å²) in [5.41, 5.74) is -0.809. The maximum Gasteiger partial charge on any atom is 0.338 e. The molecule has 0 aliphatic carbocycles. The lowest BCUT2D eigenvalue weighted by Gasteiger charge is -2.18. The molecule has 3 atom stereocenters. The Balaban J connectivity index is 1.80. The van der Waals surface area contributed by atoms with Crippen molar-refractivity contribution in [3.05, 3.63) is 68.5 Å². The van der Waals surface area contributed by atoms with Crippen molar-refractivity contribution in [2.24, 2.45) is 0 Å². The number of benzene rings is 1. The molecule has 1 aromatic heterocycles. The second kappa shape index (κ2) is 10.4. The number of aromatic nitrogens is 2. The quantitative estimate of drug-likeness (QED) is 0.408. The minimum atomic E-state index is -3.87. The van der Waals surface area contributed by atoms with Crippen LogP contribution in [0.15, 0.2) is 46.1 Å². The number of esters is 1. The predicted octanol–water partition coefficient (Wildman–Crippen LogP) is 0.951. The first-order chi connectivity index (χ1) is 15.5. The van der Waals surface area contributed by atoms with Crippen molar-refractivity contribution in [3.63, 3.8) is 0 Å². The molecule has 1 aliphatic heterocycles. The maximum atomic E-state index is 12.4. The van der Waals surface area contributed by atoms with Gasteiger partial charge in [0.2, 0.25) is 0 Å². The molecule has 2 aromatic rings. The fraction of sp³-hybridized carbons (Fsp3) is 0.476. The molecule has 3 rings (SSSR count). The molecule has 1 fully saturated rings. The van der Waals surface area contributed by atoms with Gasteiger partial charge in [0, 0.05) is 12.6 Å². The van der Waals surface area contributed by atoms with Gasteiger partial charge in [0.15, 0.2) is 0 Å². The molecule has 33 heavy (non-hydrogen) atoms. The highest BCUT2D eigenvalue weighted by atomic mass is 32.2. The van der Waals surface area contributed by atoms with Crippen LogP contribution < -0.4 is 11.2 Å². The lowest BCUT2D eigenvalue weighted by atomic mass is 10.2. The summed E-state index contributed by atoms with van der Waals surface area (Å²) in [6.07, 6.45) is -0.903. The molecule has 180 valence electrons. The van der Waals surface area contributed by atoms with Gasteiger partial charge < -0.3 is 14.2 Å². The largest absolute Gasteiger partial charge is 0.459 e. The summed E-state index contributed by atoms with van der Waals surface area (Å²) < 4.78 is 46.3. The van der Waals surface area contributed by atoms with Gasteiger partial charge in [-0.1, -0.05) is 18.2 Å². The average molecular weight is 483 g/mol. The SMILES string of the molecule is CC(C)OCc1cn([C@H]2C[C@H](OS(C)(=O)=O)[C@@H](COC(=O)c3ccccc3)O2)c(=O)[nH]c1=O. The molecule has 1 aromatic carbocycles. The molecule has 0 saturated carbocycles. The Morgan fingerprint density at radius 1 is 1.24 bits per heavy atom. The molecule has 1 N–H and O–H groups in total. The third-order valence-electron chi connectivity index (χ3n) is 4.79. The van der Waals surface area contributed by atoms with Gasteiger partial charge in [-0.25, -0.2) is 9.59 Å². The molecule has 0 bridgehead atoms. The number of aromatic amines is 1. The number of carbonyl (C=O) groups is 1. The van der Waals surface area contributed by atoms with Crippen molar-refractivity contribution in [2.75, 3.05) is 12.9 Å². The molecular weight excluding hydrogens is 456 g/mol. The minimum Gasteiger partial charge on any atom is -0.459 e. The van der Waals surface area contributed by atoms with Gasteiger partial charge in [-0.15, -0.1) is 0 Å². The van der Waals surface area contributed by atoms with E-state index in [1.54, 1.807) is 44.2 Å². The smallest absolute Gasteiger partial charge is 0.338 e. The van der Waals surface area contributed by atoms with Crippen LogP contribution in [0.1, 0.15) is 42.4 Å². The second-order valence-electron chi connectivity index (χ2n) is 7.85. The molecule has 11 nitrogen and oxygen atoms in total. The van der Waals surface area contributed by atoms with Crippen LogP contribution in [0.2, 0.25) is 0 Å². The second-order valence-corrected chi connectivity index (χ2v) is 9.45. The van der Waals surface area contributed by atoms with Crippen LogP contribution in [0.25, 0.3) is 0 Å². The average Bonchev–Trinajstić information content (AvgIpc) is 3.12. The Hall–Kier alpha value is -2.80. The van der Waals surface area contributed by atoms with Crippen molar-refractivity contribution in [1.29, 1.82) is 0 Å².